The van der Waals surface area contributed by atoms with E-state index in [4.69, 9.17) is 18.9 Å². The van der Waals surface area contributed by atoms with E-state index in [-0.39, 0.29) is 0 Å². The van der Waals surface area contributed by atoms with Crippen molar-refractivity contribution in [3.05, 3.63) is 47.5 Å². The molecule has 0 bridgehead atoms. The number of rotatable bonds is 21. The van der Waals surface area contributed by atoms with Crippen LogP contribution in [0.3, 0.4) is 0 Å². The standard InChI is InChI=1S/C40H62N4O4/c1(11-35-13-15-37(45-29-25-41-17-3-4-18-41)39(33-35)47-31-27-43-21-7-8-22-43)2-12-36-14-16-38(46-30-26-42-19-5-6-20-42)40(34-36)48-32-28-44-23-9-10-24-44/h13-16,33-34H,1-12,17-32H2. The molecular formula is C40H62N4O4. The van der Waals surface area contributed by atoms with Gasteiger partial charge in [0.15, 0.2) is 23.0 Å². The summed E-state index contributed by atoms with van der Waals surface area (Å²) in [7, 11) is 0. The predicted octanol–water partition coefficient (Wildman–Crippen LogP) is 6.15. The molecule has 8 nitrogen and oxygen atoms in total. The molecule has 2 aromatic carbocycles. The van der Waals surface area contributed by atoms with Crippen molar-refractivity contribution < 1.29 is 18.9 Å². The first-order chi connectivity index (χ1) is 23.8. The Bertz CT molecular complexity index is 1110. The van der Waals surface area contributed by atoms with Crippen LogP contribution in [0, 0.1) is 0 Å². The van der Waals surface area contributed by atoms with Gasteiger partial charge >= 0.3 is 0 Å². The molecule has 0 spiro atoms. The number of hydrogen-bond donors (Lipinski definition) is 0. The Morgan fingerprint density at radius 2 is 0.667 bits per heavy atom. The molecule has 2 aromatic rings. The smallest absolute Gasteiger partial charge is 0.161 e. The van der Waals surface area contributed by atoms with Crippen LogP contribution in [-0.4, -0.2) is 125 Å². The third-order valence-electron chi connectivity index (χ3n) is 10.7. The van der Waals surface area contributed by atoms with Crippen LogP contribution in [0.15, 0.2) is 36.4 Å². The number of unbranched alkanes of at least 4 members (excludes halogenated alkanes) is 1. The molecule has 266 valence electrons. The molecule has 0 radical (unpaired) electrons. The number of ether oxygens (including phenoxy) is 4. The number of likely N-dealkylation sites (tertiary alicyclic amines) is 4. The van der Waals surface area contributed by atoms with E-state index in [1.807, 2.05) is 0 Å². The maximum absolute atomic E-state index is 6.37. The molecule has 8 heteroatoms. The lowest BCUT2D eigenvalue weighted by atomic mass is 10.0. The Morgan fingerprint density at radius 1 is 0.375 bits per heavy atom. The zero-order valence-corrected chi connectivity index (χ0v) is 29.7. The van der Waals surface area contributed by atoms with E-state index >= 15 is 0 Å². The summed E-state index contributed by atoms with van der Waals surface area (Å²) >= 11 is 0. The summed E-state index contributed by atoms with van der Waals surface area (Å²) in [6.07, 6.45) is 14.8. The van der Waals surface area contributed by atoms with Crippen molar-refractivity contribution in [3.63, 3.8) is 0 Å². The fraction of sp³-hybridized carbons (Fsp3) is 0.700. The van der Waals surface area contributed by atoms with Crippen molar-refractivity contribution in [1.82, 2.24) is 19.6 Å². The van der Waals surface area contributed by atoms with Gasteiger partial charge in [0.1, 0.15) is 26.4 Å². The highest BCUT2D eigenvalue weighted by molar-refractivity contribution is 5.44. The zero-order chi connectivity index (χ0) is 32.6. The van der Waals surface area contributed by atoms with Gasteiger partial charge in [0.05, 0.1) is 0 Å². The van der Waals surface area contributed by atoms with Crippen molar-refractivity contribution in [1.29, 1.82) is 0 Å². The van der Waals surface area contributed by atoms with Crippen LogP contribution in [-0.2, 0) is 12.8 Å². The molecule has 0 N–H and O–H groups in total. The highest BCUT2D eigenvalue weighted by atomic mass is 16.5. The quantitative estimate of drug-likeness (QED) is 0.148. The highest BCUT2D eigenvalue weighted by Gasteiger charge is 2.16. The van der Waals surface area contributed by atoms with Crippen LogP contribution in [0.2, 0.25) is 0 Å². The largest absolute Gasteiger partial charge is 0.488 e. The molecule has 0 unspecified atom stereocenters. The molecule has 0 aliphatic carbocycles. The molecule has 4 fully saturated rings. The van der Waals surface area contributed by atoms with E-state index in [2.05, 4.69) is 56.0 Å². The predicted molar refractivity (Wildman–Crippen MR) is 194 cm³/mol. The lowest BCUT2D eigenvalue weighted by molar-refractivity contribution is 0.210. The van der Waals surface area contributed by atoms with E-state index < -0.39 is 0 Å². The second-order valence-electron chi connectivity index (χ2n) is 14.4. The Kier molecular flexibility index (Phi) is 14.4. The van der Waals surface area contributed by atoms with Gasteiger partial charge in [-0.1, -0.05) is 12.1 Å². The molecule has 48 heavy (non-hydrogen) atoms. The van der Waals surface area contributed by atoms with Crippen LogP contribution in [0.4, 0.5) is 0 Å². The summed E-state index contributed by atoms with van der Waals surface area (Å²) in [6.45, 7) is 16.4. The summed E-state index contributed by atoms with van der Waals surface area (Å²) in [6, 6.07) is 13.2. The Morgan fingerprint density at radius 3 is 0.979 bits per heavy atom. The van der Waals surface area contributed by atoms with Gasteiger partial charge in [-0.15, -0.1) is 0 Å². The summed E-state index contributed by atoms with van der Waals surface area (Å²) in [4.78, 5) is 10.0. The minimum Gasteiger partial charge on any atom is -0.488 e. The molecule has 4 aliphatic rings. The number of nitrogens with zero attached hydrogens (tertiary/aromatic N) is 4. The monoisotopic (exact) mass is 662 g/mol. The van der Waals surface area contributed by atoms with Crippen molar-refractivity contribution >= 4 is 0 Å². The van der Waals surface area contributed by atoms with Crippen molar-refractivity contribution in [2.24, 2.45) is 0 Å². The fourth-order valence-corrected chi connectivity index (χ4v) is 7.70. The molecule has 4 heterocycles. The Balaban J connectivity index is 0.991. The van der Waals surface area contributed by atoms with Crippen LogP contribution in [0.25, 0.3) is 0 Å². The van der Waals surface area contributed by atoms with E-state index in [1.165, 1.54) is 115 Å². The van der Waals surface area contributed by atoms with E-state index in [9.17, 15) is 0 Å². The third-order valence-corrected chi connectivity index (χ3v) is 10.7. The molecule has 6 rings (SSSR count). The van der Waals surface area contributed by atoms with E-state index in [0.29, 0.717) is 26.4 Å². The number of benzene rings is 2. The first-order valence-corrected chi connectivity index (χ1v) is 19.4. The van der Waals surface area contributed by atoms with Crippen molar-refractivity contribution in [2.45, 2.75) is 77.0 Å². The maximum Gasteiger partial charge on any atom is 0.161 e. The SMILES string of the molecule is c1cc(OCCN2CCCC2)c(OCCN2CCCC2)cc1CCCCc1ccc(OCCN2CCCC2)c(OCCN2CCCC2)c1. The van der Waals surface area contributed by atoms with Gasteiger partial charge in [0.25, 0.3) is 0 Å². The number of aryl methyl sites for hydroxylation is 2. The van der Waals surface area contributed by atoms with Gasteiger partial charge < -0.3 is 18.9 Å². The normalized spacial score (nSPS) is 19.4. The molecule has 0 amide bonds. The van der Waals surface area contributed by atoms with Crippen LogP contribution >= 0.6 is 0 Å². The third kappa shape index (κ3) is 11.5. The van der Waals surface area contributed by atoms with Gasteiger partial charge in [-0.3, -0.25) is 19.6 Å². The highest BCUT2D eigenvalue weighted by Crippen LogP contribution is 2.31. The van der Waals surface area contributed by atoms with Gasteiger partial charge in [-0.05, 0) is 165 Å². The first-order valence-electron chi connectivity index (χ1n) is 19.4. The van der Waals surface area contributed by atoms with E-state index in [1.54, 1.807) is 0 Å². The van der Waals surface area contributed by atoms with Gasteiger partial charge in [0, 0.05) is 26.2 Å². The maximum atomic E-state index is 6.37. The molecule has 0 saturated carbocycles. The van der Waals surface area contributed by atoms with Crippen molar-refractivity contribution in [2.75, 3.05) is 105 Å². The molecule has 4 aliphatic heterocycles. The summed E-state index contributed by atoms with van der Waals surface area (Å²) in [5.41, 5.74) is 2.65. The van der Waals surface area contributed by atoms with Gasteiger partial charge in [0.2, 0.25) is 0 Å². The molecule has 0 atom stereocenters. The Labute approximate surface area is 290 Å². The fourth-order valence-electron chi connectivity index (χ4n) is 7.70. The van der Waals surface area contributed by atoms with Gasteiger partial charge in [-0.25, -0.2) is 0 Å². The van der Waals surface area contributed by atoms with Crippen LogP contribution < -0.4 is 18.9 Å². The molecule has 4 saturated heterocycles. The number of hydrogen-bond acceptors (Lipinski definition) is 8. The first kappa shape index (κ1) is 35.3. The zero-order valence-electron chi connectivity index (χ0n) is 29.7. The van der Waals surface area contributed by atoms with Crippen LogP contribution in [0.5, 0.6) is 23.0 Å². The summed E-state index contributed by atoms with van der Waals surface area (Å²) in [5.74, 6) is 3.59. The summed E-state index contributed by atoms with van der Waals surface area (Å²) in [5, 5.41) is 0. The second kappa shape index (κ2) is 19.6. The topological polar surface area (TPSA) is 49.9 Å². The van der Waals surface area contributed by atoms with Crippen LogP contribution in [0.1, 0.15) is 75.3 Å². The minimum absolute atomic E-state index is 0.715. The average molecular weight is 663 g/mol. The minimum atomic E-state index is 0.715. The summed E-state index contributed by atoms with van der Waals surface area (Å²) < 4.78 is 25.3. The second-order valence-corrected chi connectivity index (χ2v) is 14.4. The van der Waals surface area contributed by atoms with Gasteiger partial charge in [-0.2, -0.15) is 0 Å². The lowest BCUT2D eigenvalue weighted by Crippen LogP contribution is -2.26. The Hall–Kier alpha value is -2.52. The molecular weight excluding hydrogens is 600 g/mol. The van der Waals surface area contributed by atoms with Crippen molar-refractivity contribution in [3.8, 4) is 23.0 Å². The average Bonchev–Trinajstić information content (AvgIpc) is 3.95. The van der Waals surface area contributed by atoms with E-state index in [0.717, 1.165) is 74.9 Å². The molecule has 0 aromatic heterocycles. The lowest BCUT2D eigenvalue weighted by Gasteiger charge is -2.19.